The molecule has 0 saturated carbocycles. The van der Waals surface area contributed by atoms with E-state index in [1.807, 2.05) is 0 Å². The van der Waals surface area contributed by atoms with Crippen LogP contribution < -0.4 is 16.4 Å². The Kier molecular flexibility index (Phi) is 8.30. The molecule has 0 aromatic heterocycles. The molecular formula is C26H25N3O9. The van der Waals surface area contributed by atoms with E-state index in [9.17, 15) is 45.3 Å². The fraction of sp³-hybridized carbons (Fsp3) is 0.0769. The summed E-state index contributed by atoms with van der Waals surface area (Å²) in [5, 5.41) is 72.0. The number of rotatable bonds is 8. The first-order valence-corrected chi connectivity index (χ1v) is 11.0. The molecule has 0 radical (unpaired) electrons. The predicted octanol–water partition coefficient (Wildman–Crippen LogP) is 1.44. The van der Waals surface area contributed by atoms with Gasteiger partial charge in [0.1, 0.15) is 5.70 Å². The Morgan fingerprint density at radius 3 is 1.95 bits per heavy atom. The summed E-state index contributed by atoms with van der Waals surface area (Å²) in [5.74, 6) is -5.15. The van der Waals surface area contributed by atoms with Crippen LogP contribution in [0.1, 0.15) is 16.7 Å². The smallest absolute Gasteiger partial charge is 0.271 e. The fourth-order valence-corrected chi connectivity index (χ4v) is 3.24. The summed E-state index contributed by atoms with van der Waals surface area (Å²) in [6, 6.07) is 8.80. The van der Waals surface area contributed by atoms with Crippen molar-refractivity contribution in [2.45, 2.75) is 12.5 Å². The molecule has 198 valence electrons. The molecule has 3 rings (SSSR count). The van der Waals surface area contributed by atoms with Crippen LogP contribution in [-0.2, 0) is 16.0 Å². The average Bonchev–Trinajstić information content (AvgIpc) is 2.86. The summed E-state index contributed by atoms with van der Waals surface area (Å²) in [5.41, 5.74) is 6.54. The topological polar surface area (TPSA) is 226 Å². The first kappa shape index (κ1) is 27.2. The van der Waals surface area contributed by atoms with Crippen LogP contribution in [0.4, 0.5) is 0 Å². The number of nitrogens with two attached hydrogens (primary N) is 1. The zero-order chi connectivity index (χ0) is 28.0. The second kappa shape index (κ2) is 11.6. The number of carbonyl (C=O) groups excluding carboxylic acids is 2. The van der Waals surface area contributed by atoms with E-state index in [1.54, 1.807) is 0 Å². The highest BCUT2D eigenvalue weighted by molar-refractivity contribution is 6.02. The predicted molar refractivity (Wildman–Crippen MR) is 136 cm³/mol. The lowest BCUT2D eigenvalue weighted by Gasteiger charge is -2.15. The van der Waals surface area contributed by atoms with Crippen LogP contribution in [0.25, 0.3) is 12.2 Å². The van der Waals surface area contributed by atoms with Crippen molar-refractivity contribution in [2.75, 3.05) is 0 Å². The van der Waals surface area contributed by atoms with Crippen molar-refractivity contribution in [3.63, 3.8) is 0 Å². The lowest BCUT2D eigenvalue weighted by atomic mass is 10.0. The van der Waals surface area contributed by atoms with Gasteiger partial charge in [0.15, 0.2) is 40.2 Å². The van der Waals surface area contributed by atoms with Gasteiger partial charge in [0.25, 0.3) is 5.91 Å². The second-order valence-corrected chi connectivity index (χ2v) is 8.14. The number of phenolic OH excluding ortho intramolecular Hbond substituents is 7. The number of amides is 2. The quantitative estimate of drug-likeness (QED) is 0.151. The Balaban J connectivity index is 1.82. The molecule has 0 fully saturated rings. The molecule has 0 heterocycles. The molecule has 11 N–H and O–H groups in total. The Morgan fingerprint density at radius 1 is 0.763 bits per heavy atom. The maximum Gasteiger partial charge on any atom is 0.271 e. The van der Waals surface area contributed by atoms with Crippen LogP contribution in [0.3, 0.4) is 0 Å². The number of benzene rings is 3. The van der Waals surface area contributed by atoms with Crippen LogP contribution in [0.5, 0.6) is 40.2 Å². The van der Waals surface area contributed by atoms with E-state index < -0.39 is 40.9 Å². The third-order valence-electron chi connectivity index (χ3n) is 5.23. The number of nitrogens with one attached hydrogen (secondary N) is 2. The lowest BCUT2D eigenvalue weighted by molar-refractivity contribution is -0.124. The maximum atomic E-state index is 12.9. The molecular weight excluding hydrogens is 498 g/mol. The Bertz CT molecular complexity index is 1410. The van der Waals surface area contributed by atoms with E-state index in [1.165, 1.54) is 48.7 Å². The Labute approximate surface area is 215 Å². The highest BCUT2D eigenvalue weighted by Gasteiger charge is 2.20. The molecule has 12 heteroatoms. The first-order valence-electron chi connectivity index (χ1n) is 11.0. The third-order valence-corrected chi connectivity index (χ3v) is 5.23. The fourth-order valence-electron chi connectivity index (χ4n) is 3.24. The van der Waals surface area contributed by atoms with E-state index in [4.69, 9.17) is 5.73 Å². The minimum absolute atomic E-state index is 0.0488. The minimum atomic E-state index is -1.19. The lowest BCUT2D eigenvalue weighted by Crippen LogP contribution is -2.44. The molecule has 3 aromatic carbocycles. The molecule has 0 aliphatic carbocycles. The van der Waals surface area contributed by atoms with Crippen molar-refractivity contribution in [1.82, 2.24) is 10.6 Å². The van der Waals surface area contributed by atoms with Gasteiger partial charge in [-0.05, 0) is 71.7 Å². The zero-order valence-corrected chi connectivity index (χ0v) is 19.7. The summed E-state index contributed by atoms with van der Waals surface area (Å²) >= 11 is 0. The number of carbonyl (C=O) groups is 2. The molecule has 2 amide bonds. The Hall–Kier alpha value is -5.36. The molecule has 1 unspecified atom stereocenters. The Morgan fingerprint density at radius 2 is 1.34 bits per heavy atom. The summed E-state index contributed by atoms with van der Waals surface area (Å²) < 4.78 is 0. The molecule has 38 heavy (non-hydrogen) atoms. The standard InChI is InChI=1S/C26H25N3O9/c27-16(7-14-2-4-19(31)21(33)10-14)25(37)29-17(8-15-11-22(34)24(36)23(35)12-15)26(38)28-6-5-13-1-3-18(30)20(32)9-13/h1-6,8-12,16,30-36H,7,27H2,(H,28,38)(H,29,37)/b6-5+,17-8+. The molecule has 0 bridgehead atoms. The number of hydrogen-bond acceptors (Lipinski definition) is 10. The molecule has 0 spiro atoms. The summed E-state index contributed by atoms with van der Waals surface area (Å²) in [7, 11) is 0. The monoisotopic (exact) mass is 523 g/mol. The van der Waals surface area contributed by atoms with Gasteiger partial charge >= 0.3 is 0 Å². The summed E-state index contributed by atoms with van der Waals surface area (Å²) in [6.07, 6.45) is 3.67. The van der Waals surface area contributed by atoms with Crippen LogP contribution >= 0.6 is 0 Å². The van der Waals surface area contributed by atoms with E-state index in [0.717, 1.165) is 18.2 Å². The van der Waals surface area contributed by atoms with Gasteiger partial charge in [0, 0.05) is 6.20 Å². The summed E-state index contributed by atoms with van der Waals surface area (Å²) in [4.78, 5) is 25.7. The van der Waals surface area contributed by atoms with E-state index in [2.05, 4.69) is 10.6 Å². The van der Waals surface area contributed by atoms with Gasteiger partial charge in [-0.25, -0.2) is 0 Å². The number of aromatic hydroxyl groups is 7. The highest BCUT2D eigenvalue weighted by atomic mass is 16.3. The average molecular weight is 523 g/mol. The van der Waals surface area contributed by atoms with E-state index in [0.29, 0.717) is 11.1 Å². The van der Waals surface area contributed by atoms with Crippen LogP contribution in [0.15, 0.2) is 60.4 Å². The van der Waals surface area contributed by atoms with Crippen molar-refractivity contribution in [3.05, 3.63) is 77.1 Å². The van der Waals surface area contributed by atoms with Crippen LogP contribution in [-0.4, -0.2) is 53.6 Å². The number of hydrogen-bond donors (Lipinski definition) is 10. The van der Waals surface area contributed by atoms with Crippen molar-refractivity contribution in [1.29, 1.82) is 0 Å². The second-order valence-electron chi connectivity index (χ2n) is 8.14. The van der Waals surface area contributed by atoms with E-state index in [-0.39, 0.29) is 34.9 Å². The normalized spacial score (nSPS) is 12.3. The largest absolute Gasteiger partial charge is 0.504 e. The first-order chi connectivity index (χ1) is 17.9. The van der Waals surface area contributed by atoms with Crippen LogP contribution in [0, 0.1) is 0 Å². The van der Waals surface area contributed by atoms with Crippen molar-refractivity contribution >= 4 is 24.0 Å². The molecule has 0 saturated heterocycles. The van der Waals surface area contributed by atoms with Gasteiger partial charge in [0.05, 0.1) is 6.04 Å². The van der Waals surface area contributed by atoms with Gasteiger partial charge in [-0.15, -0.1) is 0 Å². The molecule has 12 nitrogen and oxygen atoms in total. The van der Waals surface area contributed by atoms with Gasteiger partial charge in [-0.1, -0.05) is 12.1 Å². The van der Waals surface area contributed by atoms with Crippen molar-refractivity contribution in [3.8, 4) is 40.2 Å². The molecule has 1 atom stereocenters. The van der Waals surface area contributed by atoms with Crippen molar-refractivity contribution < 1.29 is 45.3 Å². The molecule has 3 aromatic rings. The van der Waals surface area contributed by atoms with Crippen molar-refractivity contribution in [2.24, 2.45) is 5.73 Å². The van der Waals surface area contributed by atoms with Gasteiger partial charge in [-0.3, -0.25) is 9.59 Å². The minimum Gasteiger partial charge on any atom is -0.504 e. The number of phenols is 7. The highest BCUT2D eigenvalue weighted by Crippen LogP contribution is 2.36. The zero-order valence-electron chi connectivity index (χ0n) is 19.7. The molecule has 0 aliphatic heterocycles. The van der Waals surface area contributed by atoms with Gasteiger partial charge in [-0.2, -0.15) is 0 Å². The van der Waals surface area contributed by atoms with E-state index >= 15 is 0 Å². The summed E-state index contributed by atoms with van der Waals surface area (Å²) in [6.45, 7) is 0. The van der Waals surface area contributed by atoms with Crippen LogP contribution in [0.2, 0.25) is 0 Å². The molecule has 0 aliphatic rings. The van der Waals surface area contributed by atoms with Gasteiger partial charge in [0.2, 0.25) is 5.91 Å². The van der Waals surface area contributed by atoms with Gasteiger partial charge < -0.3 is 52.1 Å². The third kappa shape index (κ3) is 6.86. The SMILES string of the molecule is NC(Cc1ccc(O)c(O)c1)C(=O)N/C(=C/c1cc(O)c(O)c(O)c1)C(=O)N/C=C/c1ccc(O)c(O)c1. The maximum absolute atomic E-state index is 12.9.